The molecule has 0 fully saturated rings. The highest BCUT2D eigenvalue weighted by Gasteiger charge is 2.27. The summed E-state index contributed by atoms with van der Waals surface area (Å²) >= 11 is 0. The normalized spacial score (nSPS) is 11.2. The van der Waals surface area contributed by atoms with Crippen LogP contribution in [0.25, 0.3) is 10.8 Å². The molecule has 174 valence electrons. The minimum atomic E-state index is -3.98. The van der Waals surface area contributed by atoms with E-state index in [0.29, 0.717) is 24.6 Å². The van der Waals surface area contributed by atoms with Crippen molar-refractivity contribution in [2.45, 2.75) is 18.4 Å². The number of para-hydroxylation sites is 1. The Bertz CT molecular complexity index is 1370. The lowest BCUT2D eigenvalue weighted by molar-refractivity contribution is -0.119. The Hall–Kier alpha value is -3.84. The fourth-order valence-electron chi connectivity index (χ4n) is 3.74. The van der Waals surface area contributed by atoms with Crippen LogP contribution in [-0.2, 0) is 21.4 Å². The molecule has 0 radical (unpaired) electrons. The minimum absolute atomic E-state index is 0.0849. The van der Waals surface area contributed by atoms with Crippen molar-refractivity contribution < 1.29 is 17.9 Å². The minimum Gasteiger partial charge on any atom is -0.494 e. The van der Waals surface area contributed by atoms with E-state index in [1.807, 2.05) is 49.4 Å². The number of carbonyl (C=O) groups is 1. The van der Waals surface area contributed by atoms with Gasteiger partial charge in [-0.2, -0.15) is 0 Å². The quantitative estimate of drug-likeness (QED) is 0.380. The molecule has 1 amide bonds. The average molecular weight is 475 g/mol. The number of carbonyl (C=O) groups excluding carboxylic acids is 1. The summed E-state index contributed by atoms with van der Waals surface area (Å²) in [7, 11) is -3.98. The second kappa shape index (κ2) is 10.4. The molecule has 1 N–H and O–H groups in total. The van der Waals surface area contributed by atoms with Gasteiger partial charge in [-0.1, -0.05) is 60.7 Å². The Morgan fingerprint density at radius 2 is 1.53 bits per heavy atom. The monoisotopic (exact) mass is 474 g/mol. The summed E-state index contributed by atoms with van der Waals surface area (Å²) in [6.07, 6.45) is 0. The number of nitrogens with one attached hydrogen (secondary N) is 1. The maximum atomic E-state index is 13.5. The Kier molecular flexibility index (Phi) is 7.13. The Labute approximate surface area is 199 Å². The van der Waals surface area contributed by atoms with Crippen molar-refractivity contribution in [2.24, 2.45) is 0 Å². The fourth-order valence-corrected chi connectivity index (χ4v) is 5.16. The van der Waals surface area contributed by atoms with Crippen LogP contribution >= 0.6 is 0 Å². The number of hydrogen-bond donors (Lipinski definition) is 1. The van der Waals surface area contributed by atoms with E-state index < -0.39 is 15.9 Å². The molecule has 0 aromatic heterocycles. The highest BCUT2D eigenvalue weighted by atomic mass is 32.2. The molecule has 0 aliphatic heterocycles. The van der Waals surface area contributed by atoms with Crippen molar-refractivity contribution in [3.05, 3.63) is 103 Å². The first-order valence-corrected chi connectivity index (χ1v) is 12.5. The highest BCUT2D eigenvalue weighted by Crippen LogP contribution is 2.25. The zero-order valence-electron chi connectivity index (χ0n) is 18.8. The molecule has 0 unspecified atom stereocenters. The van der Waals surface area contributed by atoms with Crippen LogP contribution in [0, 0.1) is 0 Å². The van der Waals surface area contributed by atoms with Gasteiger partial charge in [0.05, 0.1) is 17.2 Å². The van der Waals surface area contributed by atoms with Gasteiger partial charge in [0.1, 0.15) is 12.3 Å². The molecule has 0 aliphatic carbocycles. The SMILES string of the molecule is CCOc1ccc(S(=O)(=O)N(CC(=O)NCc2cccc3ccccc23)c2ccccc2)cc1. The second-order valence-corrected chi connectivity index (χ2v) is 9.53. The first-order valence-electron chi connectivity index (χ1n) is 11.0. The van der Waals surface area contributed by atoms with Gasteiger partial charge in [0.15, 0.2) is 0 Å². The molecular weight excluding hydrogens is 448 g/mol. The molecule has 7 heteroatoms. The zero-order valence-corrected chi connectivity index (χ0v) is 19.7. The van der Waals surface area contributed by atoms with Crippen molar-refractivity contribution in [1.29, 1.82) is 0 Å². The Morgan fingerprint density at radius 3 is 2.26 bits per heavy atom. The Morgan fingerprint density at radius 1 is 0.853 bits per heavy atom. The van der Waals surface area contributed by atoms with Crippen LogP contribution < -0.4 is 14.4 Å². The summed E-state index contributed by atoms with van der Waals surface area (Å²) in [5, 5.41) is 5.01. The summed E-state index contributed by atoms with van der Waals surface area (Å²) in [6, 6.07) is 28.7. The van der Waals surface area contributed by atoms with Gasteiger partial charge in [0.25, 0.3) is 10.0 Å². The number of nitrogens with zero attached hydrogens (tertiary/aromatic N) is 1. The number of amides is 1. The zero-order chi connectivity index (χ0) is 24.0. The predicted molar refractivity (Wildman–Crippen MR) is 134 cm³/mol. The lowest BCUT2D eigenvalue weighted by Gasteiger charge is -2.24. The molecule has 34 heavy (non-hydrogen) atoms. The molecule has 0 bridgehead atoms. The first-order chi connectivity index (χ1) is 16.5. The standard InChI is InChI=1S/C27H26N2O4S/c1-2-33-24-15-17-25(18-16-24)34(31,32)29(23-12-4-3-5-13-23)20-27(30)28-19-22-11-8-10-21-9-6-7-14-26(21)22/h3-18H,2,19-20H2,1H3,(H,28,30). The van der Waals surface area contributed by atoms with Gasteiger partial charge >= 0.3 is 0 Å². The highest BCUT2D eigenvalue weighted by molar-refractivity contribution is 7.92. The molecule has 0 saturated heterocycles. The molecule has 4 rings (SSSR count). The third-order valence-corrected chi connectivity index (χ3v) is 7.20. The van der Waals surface area contributed by atoms with Crippen LogP contribution in [0.2, 0.25) is 0 Å². The van der Waals surface area contributed by atoms with Crippen LogP contribution in [0.15, 0.2) is 102 Å². The average Bonchev–Trinajstić information content (AvgIpc) is 2.87. The van der Waals surface area contributed by atoms with Crippen molar-refractivity contribution >= 4 is 32.4 Å². The van der Waals surface area contributed by atoms with Gasteiger partial charge in [-0.3, -0.25) is 9.10 Å². The van der Waals surface area contributed by atoms with E-state index in [2.05, 4.69) is 5.32 Å². The summed E-state index contributed by atoms with van der Waals surface area (Å²) in [5.41, 5.74) is 1.38. The topological polar surface area (TPSA) is 75.7 Å². The molecule has 4 aromatic carbocycles. The van der Waals surface area contributed by atoms with Gasteiger partial charge in [0, 0.05) is 6.54 Å². The van der Waals surface area contributed by atoms with Crippen molar-refractivity contribution in [2.75, 3.05) is 17.5 Å². The fraction of sp³-hybridized carbons (Fsp3) is 0.148. The second-order valence-electron chi connectivity index (χ2n) is 7.67. The lowest BCUT2D eigenvalue weighted by Crippen LogP contribution is -2.40. The van der Waals surface area contributed by atoms with E-state index in [0.717, 1.165) is 20.6 Å². The van der Waals surface area contributed by atoms with Gasteiger partial charge < -0.3 is 10.1 Å². The Balaban J connectivity index is 1.56. The van der Waals surface area contributed by atoms with Crippen LogP contribution in [0.1, 0.15) is 12.5 Å². The van der Waals surface area contributed by atoms with Gasteiger partial charge in [-0.25, -0.2) is 8.42 Å². The van der Waals surface area contributed by atoms with E-state index >= 15 is 0 Å². The summed E-state index contributed by atoms with van der Waals surface area (Å²) in [5.74, 6) is 0.187. The molecule has 0 spiro atoms. The summed E-state index contributed by atoms with van der Waals surface area (Å²) < 4.78 is 33.5. The molecule has 0 aliphatic rings. The molecule has 0 atom stereocenters. The lowest BCUT2D eigenvalue weighted by atomic mass is 10.0. The predicted octanol–water partition coefficient (Wildman–Crippen LogP) is 4.75. The van der Waals surface area contributed by atoms with Crippen LogP contribution in [-0.4, -0.2) is 27.5 Å². The number of rotatable bonds is 9. The van der Waals surface area contributed by atoms with E-state index in [1.165, 1.54) is 12.1 Å². The smallest absolute Gasteiger partial charge is 0.264 e. The molecule has 0 heterocycles. The molecule has 6 nitrogen and oxygen atoms in total. The number of sulfonamides is 1. The molecular formula is C27H26N2O4S. The number of fused-ring (bicyclic) bond motifs is 1. The maximum absolute atomic E-state index is 13.5. The maximum Gasteiger partial charge on any atom is 0.264 e. The van der Waals surface area contributed by atoms with Crippen LogP contribution in [0.4, 0.5) is 5.69 Å². The number of benzene rings is 4. The van der Waals surface area contributed by atoms with Crippen molar-refractivity contribution in [1.82, 2.24) is 5.32 Å². The number of ether oxygens (including phenoxy) is 1. The van der Waals surface area contributed by atoms with Crippen molar-refractivity contribution in [3.63, 3.8) is 0 Å². The van der Waals surface area contributed by atoms with Crippen molar-refractivity contribution in [3.8, 4) is 5.75 Å². The first kappa shape index (κ1) is 23.3. The van der Waals surface area contributed by atoms with E-state index in [1.54, 1.807) is 42.5 Å². The largest absolute Gasteiger partial charge is 0.494 e. The third-order valence-electron chi connectivity index (χ3n) is 5.41. The van der Waals surface area contributed by atoms with Gasteiger partial charge in [-0.05, 0) is 59.7 Å². The van der Waals surface area contributed by atoms with Crippen LogP contribution in [0.5, 0.6) is 5.75 Å². The summed E-state index contributed by atoms with van der Waals surface area (Å²) in [6.45, 7) is 2.30. The molecule has 4 aromatic rings. The summed E-state index contributed by atoms with van der Waals surface area (Å²) in [4.78, 5) is 13.0. The number of anilines is 1. The van der Waals surface area contributed by atoms with Gasteiger partial charge in [-0.15, -0.1) is 0 Å². The molecule has 0 saturated carbocycles. The van der Waals surface area contributed by atoms with E-state index in [4.69, 9.17) is 4.74 Å². The van der Waals surface area contributed by atoms with E-state index in [-0.39, 0.29) is 11.4 Å². The number of hydrogen-bond acceptors (Lipinski definition) is 4. The van der Waals surface area contributed by atoms with E-state index in [9.17, 15) is 13.2 Å². The van der Waals surface area contributed by atoms with Gasteiger partial charge in [0.2, 0.25) is 5.91 Å². The van der Waals surface area contributed by atoms with Crippen LogP contribution in [0.3, 0.4) is 0 Å². The third kappa shape index (κ3) is 5.21.